The summed E-state index contributed by atoms with van der Waals surface area (Å²) in [6, 6.07) is 0. The molecule has 0 radical (unpaired) electrons. The van der Waals surface area contributed by atoms with E-state index in [1.165, 1.54) is 39.2 Å². The van der Waals surface area contributed by atoms with Gasteiger partial charge in [0.2, 0.25) is 0 Å². The van der Waals surface area contributed by atoms with E-state index in [0.717, 1.165) is 25.7 Å². The average molecular weight is 503 g/mol. The van der Waals surface area contributed by atoms with Gasteiger partial charge in [-0.3, -0.25) is 9.59 Å². The summed E-state index contributed by atoms with van der Waals surface area (Å²) in [5, 5.41) is 0.195. The van der Waals surface area contributed by atoms with Crippen molar-refractivity contribution < 1.29 is 18.8 Å². The van der Waals surface area contributed by atoms with Crippen molar-refractivity contribution in [3.05, 3.63) is 36.5 Å². The van der Waals surface area contributed by atoms with Crippen LogP contribution in [0.5, 0.6) is 0 Å². The zero-order valence-electron chi connectivity index (χ0n) is 23.4. The van der Waals surface area contributed by atoms with Gasteiger partial charge < -0.3 is 9.16 Å². The molecule has 0 spiro atoms. The van der Waals surface area contributed by atoms with Crippen LogP contribution in [-0.4, -0.2) is 33.3 Å². The molecule has 1 fully saturated rings. The number of ether oxygens (including phenoxy) is 1. The number of carbonyl (C=O) groups is 2. The summed E-state index contributed by atoms with van der Waals surface area (Å²) in [4.78, 5) is 23.7. The first kappa shape index (κ1) is 29.8. The van der Waals surface area contributed by atoms with Crippen LogP contribution in [0.4, 0.5) is 0 Å². The number of allylic oxidation sites excluding steroid dienone is 5. The predicted molar refractivity (Wildman–Crippen MR) is 148 cm³/mol. The van der Waals surface area contributed by atoms with Gasteiger partial charge in [0, 0.05) is 18.3 Å². The smallest absolute Gasteiger partial charge is 0.305 e. The van der Waals surface area contributed by atoms with Gasteiger partial charge in [0.15, 0.2) is 14.1 Å². The Bertz CT molecular complexity index is 783. The van der Waals surface area contributed by atoms with Crippen LogP contribution in [0.2, 0.25) is 18.1 Å². The van der Waals surface area contributed by atoms with E-state index < -0.39 is 8.32 Å². The van der Waals surface area contributed by atoms with Crippen molar-refractivity contribution in [1.29, 1.82) is 0 Å². The van der Waals surface area contributed by atoms with Crippen LogP contribution in [0.1, 0.15) is 91.9 Å². The van der Waals surface area contributed by atoms with E-state index >= 15 is 0 Å². The van der Waals surface area contributed by atoms with E-state index in [4.69, 9.17) is 4.43 Å². The average Bonchev–Trinajstić information content (AvgIpc) is 3.10. The fraction of sp³-hybridized carbons (Fsp3) is 0.733. The van der Waals surface area contributed by atoms with Gasteiger partial charge in [-0.2, -0.15) is 0 Å². The van der Waals surface area contributed by atoms with E-state index in [-0.39, 0.29) is 34.7 Å². The molecular weight excluding hydrogens is 452 g/mol. The lowest BCUT2D eigenvalue weighted by atomic mass is 9.62. The summed E-state index contributed by atoms with van der Waals surface area (Å²) in [5.74, 6) is 0.182. The van der Waals surface area contributed by atoms with Crippen molar-refractivity contribution in [3.8, 4) is 0 Å². The Morgan fingerprint density at radius 1 is 1.23 bits per heavy atom. The molecule has 0 heterocycles. The molecule has 2 aliphatic rings. The summed E-state index contributed by atoms with van der Waals surface area (Å²) < 4.78 is 11.7. The van der Waals surface area contributed by atoms with E-state index in [2.05, 4.69) is 75.9 Å². The van der Waals surface area contributed by atoms with Crippen LogP contribution in [0.15, 0.2) is 36.5 Å². The second kappa shape index (κ2) is 13.2. The zero-order valence-corrected chi connectivity index (χ0v) is 24.4. The lowest BCUT2D eigenvalue weighted by molar-refractivity contribution is -0.140. The first-order chi connectivity index (χ1) is 16.5. The number of esters is 1. The van der Waals surface area contributed by atoms with E-state index in [0.29, 0.717) is 11.8 Å². The Morgan fingerprint density at radius 3 is 2.51 bits per heavy atom. The second-order valence-electron chi connectivity index (χ2n) is 12.1. The largest absolute Gasteiger partial charge is 0.469 e. The third-order valence-corrected chi connectivity index (χ3v) is 13.1. The van der Waals surface area contributed by atoms with Crippen molar-refractivity contribution in [1.82, 2.24) is 0 Å². The molecule has 0 bridgehead atoms. The summed E-state index contributed by atoms with van der Waals surface area (Å²) in [5.41, 5.74) is 0.322. The van der Waals surface area contributed by atoms with Gasteiger partial charge in [-0.1, -0.05) is 70.9 Å². The highest BCUT2D eigenvalue weighted by Gasteiger charge is 2.48. The molecule has 2 aliphatic carbocycles. The fourth-order valence-electron chi connectivity index (χ4n) is 5.13. The molecule has 0 aromatic rings. The summed E-state index contributed by atoms with van der Waals surface area (Å²) in [6.07, 6.45) is 22.8. The minimum Gasteiger partial charge on any atom is -0.469 e. The number of unbranched alkanes of at least 4 members (excludes halogenated alkanes) is 1. The summed E-state index contributed by atoms with van der Waals surface area (Å²) in [7, 11) is -0.455. The van der Waals surface area contributed by atoms with Gasteiger partial charge in [-0.05, 0) is 74.6 Å². The van der Waals surface area contributed by atoms with Gasteiger partial charge in [0.25, 0.3) is 0 Å². The molecule has 0 aliphatic heterocycles. The predicted octanol–water partition coefficient (Wildman–Crippen LogP) is 7.95. The maximum Gasteiger partial charge on any atom is 0.305 e. The standard InChI is InChI=1S/C30H50O4Si/c1-8-21-30(22-14-23-30)27(34-35(6,7)29(2,3)4)17-13-15-24-19-20-26(31)25(24)16-11-9-10-12-18-28(32)33-5/h9,11,13,15,19-20,24-25,27H,8,10,12,14,16-18,21-23H2,1-7H3/b11-9-,15-13+/t24-,25+,27?/m0/s1. The Morgan fingerprint density at radius 2 is 1.94 bits per heavy atom. The molecule has 1 unspecified atom stereocenters. The Hall–Kier alpha value is -1.46. The number of hydrogen-bond acceptors (Lipinski definition) is 4. The number of rotatable bonds is 14. The highest BCUT2D eigenvalue weighted by atomic mass is 28.4. The maximum atomic E-state index is 12.5. The molecule has 198 valence electrons. The summed E-state index contributed by atoms with van der Waals surface area (Å²) >= 11 is 0. The molecule has 2 rings (SSSR count). The Labute approximate surface area is 215 Å². The second-order valence-corrected chi connectivity index (χ2v) is 16.9. The molecule has 0 aromatic carbocycles. The third kappa shape index (κ3) is 8.28. The minimum atomic E-state index is -1.87. The molecule has 35 heavy (non-hydrogen) atoms. The summed E-state index contributed by atoms with van der Waals surface area (Å²) in [6.45, 7) is 14.0. The van der Waals surface area contributed by atoms with Gasteiger partial charge in [-0.25, -0.2) is 0 Å². The highest BCUT2D eigenvalue weighted by molar-refractivity contribution is 6.74. The van der Waals surface area contributed by atoms with Crippen molar-refractivity contribution in [2.75, 3.05) is 7.11 Å². The lowest BCUT2D eigenvalue weighted by Gasteiger charge is -2.51. The van der Waals surface area contributed by atoms with E-state index in [1.54, 1.807) is 6.08 Å². The minimum absolute atomic E-state index is 0.0174. The van der Waals surface area contributed by atoms with Crippen LogP contribution >= 0.6 is 0 Å². The normalized spacial score (nSPS) is 23.2. The van der Waals surface area contributed by atoms with Crippen LogP contribution in [0, 0.1) is 17.3 Å². The molecule has 5 heteroatoms. The van der Waals surface area contributed by atoms with Crippen LogP contribution < -0.4 is 0 Å². The van der Waals surface area contributed by atoms with Crippen LogP contribution in [-0.2, 0) is 18.8 Å². The molecule has 4 nitrogen and oxygen atoms in total. The highest BCUT2D eigenvalue weighted by Crippen LogP contribution is 2.52. The number of carbonyl (C=O) groups excluding carboxylic acids is 2. The molecule has 3 atom stereocenters. The molecule has 0 N–H and O–H groups in total. The first-order valence-corrected chi connectivity index (χ1v) is 16.6. The third-order valence-electron chi connectivity index (χ3n) is 8.58. The maximum absolute atomic E-state index is 12.5. The monoisotopic (exact) mass is 502 g/mol. The van der Waals surface area contributed by atoms with Crippen molar-refractivity contribution in [2.24, 2.45) is 17.3 Å². The van der Waals surface area contributed by atoms with Crippen LogP contribution in [0.25, 0.3) is 0 Å². The molecule has 0 amide bonds. The van der Waals surface area contributed by atoms with Crippen molar-refractivity contribution in [3.63, 3.8) is 0 Å². The molecular formula is C30H50O4Si. The van der Waals surface area contributed by atoms with Crippen molar-refractivity contribution >= 4 is 20.1 Å². The SMILES string of the molecule is CCCC1(C(C/C=C/[C@H]2C=CC(=O)[C@@H]2C/C=C\CCCC(=O)OC)O[Si](C)(C)C(C)(C)C)CCC1. The van der Waals surface area contributed by atoms with Gasteiger partial charge in [-0.15, -0.1) is 0 Å². The topological polar surface area (TPSA) is 52.6 Å². The van der Waals surface area contributed by atoms with E-state index in [1.807, 2.05) is 0 Å². The molecule has 0 aromatic heterocycles. The number of hydrogen-bond donors (Lipinski definition) is 0. The molecule has 1 saturated carbocycles. The van der Waals surface area contributed by atoms with Crippen molar-refractivity contribution in [2.45, 2.75) is 116 Å². The van der Waals surface area contributed by atoms with Crippen LogP contribution in [0.3, 0.4) is 0 Å². The lowest BCUT2D eigenvalue weighted by Crippen LogP contribution is -2.51. The number of methoxy groups -OCH3 is 1. The quantitative estimate of drug-likeness (QED) is 0.105. The first-order valence-electron chi connectivity index (χ1n) is 13.7. The van der Waals surface area contributed by atoms with E-state index in [9.17, 15) is 9.59 Å². The van der Waals surface area contributed by atoms with Gasteiger partial charge >= 0.3 is 5.97 Å². The van der Waals surface area contributed by atoms with Gasteiger partial charge in [0.05, 0.1) is 13.2 Å². The Balaban J connectivity index is 2.01. The van der Waals surface area contributed by atoms with Gasteiger partial charge in [0.1, 0.15) is 0 Å². The zero-order chi connectivity index (χ0) is 26.1. The number of ketones is 1. The molecule has 0 saturated heterocycles. The Kier molecular flexibility index (Phi) is 11.2. The fourth-order valence-corrected chi connectivity index (χ4v) is 6.54.